The van der Waals surface area contributed by atoms with Crippen molar-refractivity contribution < 1.29 is 12.8 Å². The molecule has 1 aromatic carbocycles. The molecule has 2 N–H and O–H groups in total. The molecular weight excluding hydrogens is 506 g/mol. The van der Waals surface area contributed by atoms with Gasteiger partial charge in [-0.2, -0.15) is 4.31 Å². The summed E-state index contributed by atoms with van der Waals surface area (Å²) in [4.78, 5) is 8.42. The van der Waals surface area contributed by atoms with E-state index in [9.17, 15) is 12.8 Å². The number of piperidine rings is 1. The van der Waals surface area contributed by atoms with E-state index in [1.165, 1.54) is 27.0 Å². The minimum absolute atomic E-state index is 0. The first-order chi connectivity index (χ1) is 15.3. The molecule has 2 aromatic rings. The second-order valence-electron chi connectivity index (χ2n) is 8.74. The zero-order chi connectivity index (χ0) is 22.9. The number of nitrogens with two attached hydrogens (primary N) is 1. The largest absolute Gasteiger partial charge is 0.375 e. The van der Waals surface area contributed by atoms with Gasteiger partial charge in [0.1, 0.15) is 5.82 Å². The van der Waals surface area contributed by atoms with Crippen molar-refractivity contribution in [2.45, 2.75) is 56.4 Å². The van der Waals surface area contributed by atoms with E-state index < -0.39 is 15.8 Å². The molecule has 1 aliphatic carbocycles. The molecular formula is C22H31Cl2FN4O2S2. The molecule has 1 saturated heterocycles. The van der Waals surface area contributed by atoms with E-state index in [2.05, 4.69) is 16.8 Å². The first kappa shape index (κ1) is 26.6. The van der Waals surface area contributed by atoms with E-state index in [0.29, 0.717) is 30.2 Å². The average molecular weight is 538 g/mol. The molecule has 33 heavy (non-hydrogen) atoms. The Kier molecular flexibility index (Phi) is 9.02. The number of nitrogen functional groups attached to an aromatic ring is 1. The lowest BCUT2D eigenvalue weighted by atomic mass is 9.92. The van der Waals surface area contributed by atoms with Crippen molar-refractivity contribution in [3.8, 4) is 0 Å². The second kappa shape index (κ2) is 11.2. The van der Waals surface area contributed by atoms with Gasteiger partial charge in [-0.25, -0.2) is 17.8 Å². The SMILES string of the molecule is CCCN(CC1CCN(S(=O)(=O)c2ccc(F)c(Cl)c2)CC1)[C@H]1CCc2nc(N)sc2C1.Cl. The first-order valence-electron chi connectivity index (χ1n) is 11.2. The number of aromatic nitrogens is 1. The second-order valence-corrected chi connectivity index (χ2v) is 12.2. The summed E-state index contributed by atoms with van der Waals surface area (Å²) in [7, 11) is -3.66. The van der Waals surface area contributed by atoms with Crippen molar-refractivity contribution in [2.24, 2.45) is 5.92 Å². The van der Waals surface area contributed by atoms with Gasteiger partial charge in [0, 0.05) is 30.6 Å². The third-order valence-electron chi connectivity index (χ3n) is 6.55. The smallest absolute Gasteiger partial charge is 0.243 e. The Morgan fingerprint density at radius 1 is 1.30 bits per heavy atom. The van der Waals surface area contributed by atoms with E-state index in [4.69, 9.17) is 17.3 Å². The van der Waals surface area contributed by atoms with E-state index >= 15 is 0 Å². The fourth-order valence-corrected chi connectivity index (χ4v) is 7.54. The van der Waals surface area contributed by atoms with Crippen molar-refractivity contribution in [2.75, 3.05) is 31.9 Å². The van der Waals surface area contributed by atoms with Gasteiger partial charge in [0.25, 0.3) is 0 Å². The maximum Gasteiger partial charge on any atom is 0.243 e. The molecule has 1 aliphatic heterocycles. The van der Waals surface area contributed by atoms with Crippen LogP contribution in [0.1, 0.15) is 43.2 Å². The van der Waals surface area contributed by atoms with Crippen LogP contribution in [0.15, 0.2) is 23.1 Å². The normalized spacial score (nSPS) is 19.9. The van der Waals surface area contributed by atoms with Gasteiger partial charge in [0.2, 0.25) is 10.0 Å². The van der Waals surface area contributed by atoms with E-state index in [0.717, 1.165) is 57.7 Å². The molecule has 6 nitrogen and oxygen atoms in total. The minimum atomic E-state index is -3.66. The van der Waals surface area contributed by atoms with Crippen molar-refractivity contribution in [3.05, 3.63) is 39.6 Å². The molecule has 11 heteroatoms. The lowest BCUT2D eigenvalue weighted by Crippen LogP contribution is -2.45. The monoisotopic (exact) mass is 536 g/mol. The highest BCUT2D eigenvalue weighted by atomic mass is 35.5. The van der Waals surface area contributed by atoms with Crippen LogP contribution in [0.2, 0.25) is 5.02 Å². The van der Waals surface area contributed by atoms with E-state index in [1.807, 2.05) is 0 Å². The average Bonchev–Trinajstić information content (AvgIpc) is 3.15. The standard InChI is InChI=1S/C22H30ClFN4O2S2.ClH/c1-2-9-27(16-3-6-20-21(12-16)31-22(25)26-20)14-15-7-10-28(11-8-15)32(29,30)17-4-5-19(24)18(23)13-17;/h4-5,13,15-16H,2-3,6-12,14H2,1H3,(H2,25,26);1H/t16-;/m0./s1. The van der Waals surface area contributed by atoms with Crippen LogP contribution in [0, 0.1) is 11.7 Å². The highest BCUT2D eigenvalue weighted by molar-refractivity contribution is 7.89. The molecule has 0 unspecified atom stereocenters. The summed E-state index contributed by atoms with van der Waals surface area (Å²) in [5.74, 6) is -0.158. The van der Waals surface area contributed by atoms with Gasteiger partial charge < -0.3 is 5.73 Å². The predicted octanol–water partition coefficient (Wildman–Crippen LogP) is 4.61. The number of benzene rings is 1. The van der Waals surface area contributed by atoms with Crippen LogP contribution in [0.5, 0.6) is 0 Å². The van der Waals surface area contributed by atoms with Gasteiger partial charge in [-0.3, -0.25) is 4.90 Å². The fourth-order valence-electron chi connectivity index (χ4n) is 4.85. The number of hydrogen-bond donors (Lipinski definition) is 1. The Hall–Kier alpha value is -0.970. The van der Waals surface area contributed by atoms with Crippen LogP contribution < -0.4 is 5.73 Å². The third kappa shape index (κ3) is 6.00. The molecule has 0 bridgehead atoms. The summed E-state index contributed by atoms with van der Waals surface area (Å²) in [5.41, 5.74) is 7.07. The van der Waals surface area contributed by atoms with E-state index in [-0.39, 0.29) is 22.3 Å². The molecule has 1 aromatic heterocycles. The third-order valence-corrected chi connectivity index (χ3v) is 9.69. The van der Waals surface area contributed by atoms with Crippen molar-refractivity contribution in [3.63, 3.8) is 0 Å². The number of nitrogens with zero attached hydrogens (tertiary/aromatic N) is 3. The Labute approximate surface area is 210 Å². The van der Waals surface area contributed by atoms with Gasteiger partial charge in [-0.15, -0.1) is 23.7 Å². The van der Waals surface area contributed by atoms with Crippen molar-refractivity contribution >= 4 is 50.5 Å². The van der Waals surface area contributed by atoms with Crippen LogP contribution in [-0.2, 0) is 22.9 Å². The van der Waals surface area contributed by atoms with Gasteiger partial charge in [-0.05, 0) is 69.2 Å². The van der Waals surface area contributed by atoms with Crippen LogP contribution in [0.4, 0.5) is 9.52 Å². The molecule has 2 aliphatic rings. The summed E-state index contributed by atoms with van der Waals surface area (Å²) < 4.78 is 40.9. The summed E-state index contributed by atoms with van der Waals surface area (Å²) in [6.07, 6.45) is 5.80. The first-order valence-corrected chi connectivity index (χ1v) is 13.8. The molecule has 1 fully saturated rings. The molecule has 1 atom stereocenters. The number of fused-ring (bicyclic) bond motifs is 1. The molecule has 0 saturated carbocycles. The highest BCUT2D eigenvalue weighted by Gasteiger charge is 2.32. The highest BCUT2D eigenvalue weighted by Crippen LogP contribution is 2.32. The van der Waals surface area contributed by atoms with Crippen molar-refractivity contribution in [1.29, 1.82) is 0 Å². The maximum atomic E-state index is 13.4. The lowest BCUT2D eigenvalue weighted by Gasteiger charge is -2.38. The Balaban J connectivity index is 0.00000306. The summed E-state index contributed by atoms with van der Waals surface area (Å²) in [6, 6.07) is 4.09. The quantitative estimate of drug-likeness (QED) is 0.558. The zero-order valence-corrected chi connectivity index (χ0v) is 21.9. The van der Waals surface area contributed by atoms with Gasteiger partial charge in [0.15, 0.2) is 5.13 Å². The molecule has 0 radical (unpaired) electrons. The van der Waals surface area contributed by atoms with Gasteiger partial charge >= 0.3 is 0 Å². The topological polar surface area (TPSA) is 79.5 Å². The van der Waals surface area contributed by atoms with Gasteiger partial charge in [0.05, 0.1) is 15.6 Å². The molecule has 0 spiro atoms. The zero-order valence-electron chi connectivity index (χ0n) is 18.7. The van der Waals surface area contributed by atoms with Crippen LogP contribution in [-0.4, -0.2) is 54.8 Å². The molecule has 2 heterocycles. The van der Waals surface area contributed by atoms with Crippen LogP contribution in [0.25, 0.3) is 0 Å². The predicted molar refractivity (Wildman–Crippen MR) is 134 cm³/mol. The maximum absolute atomic E-state index is 13.4. The lowest BCUT2D eigenvalue weighted by molar-refractivity contribution is 0.129. The molecule has 184 valence electrons. The number of halogens is 3. The van der Waals surface area contributed by atoms with Crippen LogP contribution >= 0.6 is 35.3 Å². The number of thiazole rings is 1. The minimum Gasteiger partial charge on any atom is -0.375 e. The van der Waals surface area contributed by atoms with Crippen LogP contribution in [0.3, 0.4) is 0 Å². The number of anilines is 1. The summed E-state index contributed by atoms with van der Waals surface area (Å²) in [5, 5.41) is 0.489. The fraction of sp³-hybridized carbons (Fsp3) is 0.591. The van der Waals surface area contributed by atoms with E-state index in [1.54, 1.807) is 11.3 Å². The van der Waals surface area contributed by atoms with Gasteiger partial charge in [-0.1, -0.05) is 18.5 Å². The number of aryl methyl sites for hydroxylation is 1. The number of rotatable bonds is 7. The summed E-state index contributed by atoms with van der Waals surface area (Å²) in [6.45, 7) is 5.18. The Morgan fingerprint density at radius 3 is 2.70 bits per heavy atom. The summed E-state index contributed by atoms with van der Waals surface area (Å²) >= 11 is 7.41. The Morgan fingerprint density at radius 2 is 2.03 bits per heavy atom. The Bertz CT molecular complexity index is 1060. The van der Waals surface area contributed by atoms with Crippen molar-refractivity contribution in [1.82, 2.24) is 14.2 Å². The number of sulfonamides is 1. The molecule has 0 amide bonds. The number of hydrogen-bond acceptors (Lipinski definition) is 6. The molecule has 4 rings (SSSR count).